The SMILES string of the molecule is COc1ccc(C2=C(c3ccc(C#N)c(F)c3)N=C(NC[C@H]3CCNC3)C(=O)CC2C)cc1. The van der Waals surface area contributed by atoms with Crippen molar-refractivity contribution in [3.8, 4) is 11.8 Å². The summed E-state index contributed by atoms with van der Waals surface area (Å²) in [6.07, 6.45) is 1.34. The minimum Gasteiger partial charge on any atom is -0.497 e. The van der Waals surface area contributed by atoms with Crippen molar-refractivity contribution in [2.45, 2.75) is 19.8 Å². The molecule has 170 valence electrons. The minimum atomic E-state index is -0.610. The standard InChI is InChI=1S/C26H27FN4O2/c1-16-11-23(32)26(30-15-17-9-10-29-14-17)31-25(19-3-4-20(13-28)22(27)12-19)24(16)18-5-7-21(33-2)8-6-18/h3-8,12,16-17,29H,9-11,14-15H2,1-2H3,(H,30,31)/t16?,17-/m0/s1. The number of rotatable bonds is 5. The zero-order chi connectivity index (χ0) is 23.4. The van der Waals surface area contributed by atoms with Gasteiger partial charge in [-0.05, 0) is 66.7 Å². The van der Waals surface area contributed by atoms with Crippen LogP contribution in [0.2, 0.25) is 0 Å². The van der Waals surface area contributed by atoms with Crippen LogP contribution in [0.25, 0.3) is 11.3 Å². The molecule has 7 heteroatoms. The van der Waals surface area contributed by atoms with Gasteiger partial charge in [0, 0.05) is 18.5 Å². The molecule has 6 nitrogen and oxygen atoms in total. The summed E-state index contributed by atoms with van der Waals surface area (Å²) >= 11 is 0. The third kappa shape index (κ3) is 4.96. The fourth-order valence-corrected chi connectivity index (χ4v) is 4.38. The molecule has 2 atom stereocenters. The summed E-state index contributed by atoms with van der Waals surface area (Å²) in [7, 11) is 1.61. The van der Waals surface area contributed by atoms with Gasteiger partial charge >= 0.3 is 0 Å². The second kappa shape index (κ2) is 9.97. The van der Waals surface area contributed by atoms with E-state index in [9.17, 15) is 9.18 Å². The number of nitriles is 1. The van der Waals surface area contributed by atoms with Crippen molar-refractivity contribution < 1.29 is 13.9 Å². The van der Waals surface area contributed by atoms with Gasteiger partial charge in [-0.2, -0.15) is 5.26 Å². The van der Waals surface area contributed by atoms with Crippen LogP contribution >= 0.6 is 0 Å². The number of allylic oxidation sites excluding steroid dienone is 1. The Labute approximate surface area is 193 Å². The van der Waals surface area contributed by atoms with Crippen LogP contribution in [0.3, 0.4) is 0 Å². The minimum absolute atomic E-state index is 0.0286. The number of halogens is 1. The van der Waals surface area contributed by atoms with Gasteiger partial charge in [0.1, 0.15) is 17.6 Å². The van der Waals surface area contributed by atoms with Gasteiger partial charge in [-0.15, -0.1) is 0 Å². The fourth-order valence-electron chi connectivity index (χ4n) is 4.38. The molecule has 2 aliphatic heterocycles. The van der Waals surface area contributed by atoms with Crippen LogP contribution in [0.1, 0.15) is 36.5 Å². The second-order valence-corrected chi connectivity index (χ2v) is 8.53. The Bertz CT molecular complexity index is 1140. The summed E-state index contributed by atoms with van der Waals surface area (Å²) in [4.78, 5) is 17.8. The van der Waals surface area contributed by atoms with Gasteiger partial charge in [0.15, 0.2) is 11.6 Å². The molecule has 33 heavy (non-hydrogen) atoms. The summed E-state index contributed by atoms with van der Waals surface area (Å²) in [5.74, 6) is 0.638. The third-order valence-corrected chi connectivity index (χ3v) is 6.21. The Morgan fingerprint density at radius 1 is 1.24 bits per heavy atom. The Hall–Kier alpha value is -3.50. The predicted molar refractivity (Wildman–Crippen MR) is 126 cm³/mol. The zero-order valence-corrected chi connectivity index (χ0v) is 18.8. The van der Waals surface area contributed by atoms with Crippen LogP contribution in [-0.2, 0) is 4.79 Å². The Balaban J connectivity index is 1.83. The summed E-state index contributed by atoms with van der Waals surface area (Å²) in [6.45, 7) is 4.52. The van der Waals surface area contributed by atoms with Crippen LogP contribution in [0, 0.1) is 29.0 Å². The van der Waals surface area contributed by atoms with Crippen LogP contribution in [0.15, 0.2) is 47.5 Å². The van der Waals surface area contributed by atoms with Gasteiger partial charge < -0.3 is 15.4 Å². The topological polar surface area (TPSA) is 86.5 Å². The van der Waals surface area contributed by atoms with Crippen molar-refractivity contribution in [3.05, 3.63) is 65.0 Å². The average molecular weight is 447 g/mol. The van der Waals surface area contributed by atoms with Crippen molar-refractivity contribution in [1.82, 2.24) is 10.6 Å². The number of methoxy groups -OCH3 is 1. The second-order valence-electron chi connectivity index (χ2n) is 8.53. The van der Waals surface area contributed by atoms with Gasteiger partial charge in [-0.1, -0.05) is 25.1 Å². The lowest BCUT2D eigenvalue weighted by molar-refractivity contribution is -0.113. The number of nitrogens with zero attached hydrogens (tertiary/aromatic N) is 2. The van der Waals surface area contributed by atoms with E-state index in [4.69, 9.17) is 15.0 Å². The van der Waals surface area contributed by atoms with E-state index in [1.54, 1.807) is 13.2 Å². The highest BCUT2D eigenvalue weighted by atomic mass is 19.1. The highest BCUT2D eigenvalue weighted by Crippen LogP contribution is 2.38. The van der Waals surface area contributed by atoms with E-state index < -0.39 is 5.82 Å². The monoisotopic (exact) mass is 446 g/mol. The molecule has 0 saturated carbocycles. The lowest BCUT2D eigenvalue weighted by atomic mass is 9.87. The number of benzene rings is 2. The van der Waals surface area contributed by atoms with Gasteiger partial charge in [0.25, 0.3) is 0 Å². The van der Waals surface area contributed by atoms with E-state index in [0.717, 1.165) is 36.4 Å². The molecule has 0 bridgehead atoms. The maximum Gasteiger partial charge on any atom is 0.198 e. The largest absolute Gasteiger partial charge is 0.497 e. The van der Waals surface area contributed by atoms with E-state index >= 15 is 0 Å². The van der Waals surface area contributed by atoms with Crippen LogP contribution in [-0.4, -0.2) is 38.4 Å². The van der Waals surface area contributed by atoms with Crippen molar-refractivity contribution in [3.63, 3.8) is 0 Å². The quantitative estimate of drug-likeness (QED) is 0.730. The molecule has 0 aliphatic carbocycles. The summed E-state index contributed by atoms with van der Waals surface area (Å²) in [5.41, 5.74) is 2.78. The number of amidine groups is 1. The normalized spacial score (nSPS) is 20.8. The molecule has 1 fully saturated rings. The average Bonchev–Trinajstić information content (AvgIpc) is 3.30. The first-order valence-corrected chi connectivity index (χ1v) is 11.1. The molecule has 1 unspecified atom stereocenters. The lowest BCUT2D eigenvalue weighted by Crippen LogP contribution is -2.35. The van der Waals surface area contributed by atoms with E-state index in [0.29, 0.717) is 36.0 Å². The molecular formula is C26H27FN4O2. The van der Waals surface area contributed by atoms with Crippen LogP contribution in [0.4, 0.5) is 4.39 Å². The number of hydrogen-bond donors (Lipinski definition) is 2. The molecule has 2 N–H and O–H groups in total. The smallest absolute Gasteiger partial charge is 0.198 e. The van der Waals surface area contributed by atoms with E-state index in [1.807, 2.05) is 37.3 Å². The molecule has 0 amide bonds. The highest BCUT2D eigenvalue weighted by Gasteiger charge is 2.28. The number of nitrogens with one attached hydrogen (secondary N) is 2. The molecule has 4 rings (SSSR count). The molecule has 2 aromatic carbocycles. The Morgan fingerprint density at radius 2 is 2.00 bits per heavy atom. The zero-order valence-electron chi connectivity index (χ0n) is 18.8. The molecule has 0 spiro atoms. The molecule has 2 heterocycles. The maximum absolute atomic E-state index is 14.6. The first-order chi connectivity index (χ1) is 16.0. The van der Waals surface area contributed by atoms with Crippen molar-refractivity contribution in [1.29, 1.82) is 5.26 Å². The summed E-state index contributed by atoms with van der Waals surface area (Å²) in [5, 5.41) is 15.7. The third-order valence-electron chi connectivity index (χ3n) is 6.21. The van der Waals surface area contributed by atoms with Crippen molar-refractivity contribution >= 4 is 22.9 Å². The number of Topliss-reactive ketones (excluding diaryl/α,β-unsaturated/α-hetero) is 1. The van der Waals surface area contributed by atoms with Crippen molar-refractivity contribution in [2.75, 3.05) is 26.7 Å². The number of aliphatic imine (C=N–C) groups is 1. The van der Waals surface area contributed by atoms with Crippen LogP contribution < -0.4 is 15.4 Å². The van der Waals surface area contributed by atoms with Gasteiger partial charge in [-0.3, -0.25) is 4.79 Å². The van der Waals surface area contributed by atoms with Gasteiger partial charge in [0.2, 0.25) is 0 Å². The predicted octanol–water partition coefficient (Wildman–Crippen LogP) is 3.78. The number of hydrogen-bond acceptors (Lipinski definition) is 6. The first-order valence-electron chi connectivity index (χ1n) is 11.1. The molecular weight excluding hydrogens is 419 g/mol. The molecule has 2 aromatic rings. The maximum atomic E-state index is 14.6. The fraction of sp³-hybridized carbons (Fsp3) is 0.346. The van der Waals surface area contributed by atoms with Crippen LogP contribution in [0.5, 0.6) is 5.75 Å². The van der Waals surface area contributed by atoms with E-state index in [-0.39, 0.29) is 17.3 Å². The van der Waals surface area contributed by atoms with Crippen molar-refractivity contribution in [2.24, 2.45) is 16.8 Å². The number of ether oxygens (including phenoxy) is 1. The lowest BCUT2D eigenvalue weighted by Gasteiger charge is -2.17. The molecule has 2 aliphatic rings. The highest BCUT2D eigenvalue weighted by molar-refractivity contribution is 6.40. The first kappa shape index (κ1) is 22.7. The summed E-state index contributed by atoms with van der Waals surface area (Å²) < 4.78 is 19.8. The Kier molecular flexibility index (Phi) is 6.85. The van der Waals surface area contributed by atoms with Gasteiger partial charge in [-0.25, -0.2) is 9.38 Å². The van der Waals surface area contributed by atoms with E-state index in [1.165, 1.54) is 12.1 Å². The van der Waals surface area contributed by atoms with E-state index in [2.05, 4.69) is 10.6 Å². The van der Waals surface area contributed by atoms with Gasteiger partial charge in [0.05, 0.1) is 18.4 Å². The number of ketones is 1. The molecule has 0 aromatic heterocycles. The molecule has 0 radical (unpaired) electrons. The Morgan fingerprint density at radius 3 is 2.64 bits per heavy atom. The number of carbonyl (C=O) groups is 1. The summed E-state index contributed by atoms with van der Waals surface area (Å²) in [6, 6.07) is 13.9. The number of carbonyl (C=O) groups excluding carboxylic acids is 1. The molecule has 1 saturated heterocycles.